The molecule has 1 aliphatic rings. The minimum absolute atomic E-state index is 0. The van der Waals surface area contributed by atoms with Crippen molar-refractivity contribution in [2.45, 2.75) is 32.4 Å². The first-order chi connectivity index (χ1) is 7.42. The first-order valence-electron chi connectivity index (χ1n) is 5.62. The van der Waals surface area contributed by atoms with Gasteiger partial charge >= 0.3 is 6.09 Å². The summed E-state index contributed by atoms with van der Waals surface area (Å²) in [6.07, 6.45) is -0.241. The third-order valence-corrected chi connectivity index (χ3v) is 2.28. The molecule has 0 aliphatic carbocycles. The maximum atomic E-state index is 11.8. The molecule has 1 amide bonds. The summed E-state index contributed by atoms with van der Waals surface area (Å²) < 4.78 is 10.4. The van der Waals surface area contributed by atoms with Crippen LogP contribution in [0.15, 0.2) is 0 Å². The lowest BCUT2D eigenvalue weighted by molar-refractivity contribution is 0.0159. The van der Waals surface area contributed by atoms with Gasteiger partial charge in [-0.15, -0.1) is 12.4 Å². The van der Waals surface area contributed by atoms with Crippen LogP contribution >= 0.6 is 12.4 Å². The first kappa shape index (κ1) is 16.5. The molecule has 0 saturated carbocycles. The van der Waals surface area contributed by atoms with E-state index in [0.717, 1.165) is 6.54 Å². The Balaban J connectivity index is 0.00000256. The van der Waals surface area contributed by atoms with Crippen molar-refractivity contribution in [2.75, 3.05) is 33.4 Å². The second kappa shape index (κ2) is 7.03. The average molecular weight is 267 g/mol. The number of carbonyl (C=O) groups excluding carboxylic acids is 1. The normalized spacial score (nSPS) is 20.7. The molecule has 17 heavy (non-hydrogen) atoms. The van der Waals surface area contributed by atoms with Gasteiger partial charge in [0.2, 0.25) is 0 Å². The number of hydrogen-bond acceptors (Lipinski definition) is 4. The van der Waals surface area contributed by atoms with E-state index in [1.165, 1.54) is 0 Å². The number of nitrogens with one attached hydrogen (secondary N) is 1. The highest BCUT2D eigenvalue weighted by Crippen LogP contribution is 2.11. The van der Waals surface area contributed by atoms with E-state index in [1.54, 1.807) is 12.0 Å². The van der Waals surface area contributed by atoms with E-state index in [9.17, 15) is 4.79 Å². The summed E-state index contributed by atoms with van der Waals surface area (Å²) in [5.41, 5.74) is -0.432. The summed E-state index contributed by atoms with van der Waals surface area (Å²) in [6.45, 7) is 8.35. The van der Waals surface area contributed by atoms with E-state index in [2.05, 4.69) is 5.32 Å². The molecule has 0 aromatic carbocycles. The van der Waals surface area contributed by atoms with Crippen LogP contribution in [-0.2, 0) is 9.47 Å². The molecule has 0 bridgehead atoms. The van der Waals surface area contributed by atoms with Gasteiger partial charge in [-0.05, 0) is 20.8 Å². The number of carbonyl (C=O) groups is 1. The molecule has 0 radical (unpaired) electrons. The van der Waals surface area contributed by atoms with E-state index in [4.69, 9.17) is 9.47 Å². The molecule has 1 heterocycles. The number of halogens is 1. The van der Waals surface area contributed by atoms with Crippen LogP contribution < -0.4 is 5.32 Å². The van der Waals surface area contributed by atoms with E-state index in [0.29, 0.717) is 19.7 Å². The van der Waals surface area contributed by atoms with Gasteiger partial charge in [-0.1, -0.05) is 0 Å². The number of piperazine rings is 1. The Kier molecular flexibility index (Phi) is 6.82. The van der Waals surface area contributed by atoms with Crippen LogP contribution in [0.5, 0.6) is 0 Å². The molecule has 0 spiro atoms. The second-order valence-electron chi connectivity index (χ2n) is 5.03. The van der Waals surface area contributed by atoms with Crippen molar-refractivity contribution in [1.29, 1.82) is 0 Å². The van der Waals surface area contributed by atoms with Gasteiger partial charge in [0.15, 0.2) is 0 Å². The Labute approximate surface area is 109 Å². The molecule has 1 atom stereocenters. The predicted octanol–water partition coefficient (Wildman–Crippen LogP) is 1.26. The number of nitrogens with zero attached hydrogens (tertiary/aromatic N) is 1. The summed E-state index contributed by atoms with van der Waals surface area (Å²) in [5, 5.41) is 3.29. The molecule has 1 rings (SSSR count). The number of amides is 1. The Morgan fingerprint density at radius 1 is 1.47 bits per heavy atom. The van der Waals surface area contributed by atoms with Gasteiger partial charge < -0.3 is 19.7 Å². The molecule has 1 fully saturated rings. The van der Waals surface area contributed by atoms with Crippen molar-refractivity contribution in [3.05, 3.63) is 0 Å². The lowest BCUT2D eigenvalue weighted by Crippen LogP contribution is -2.55. The van der Waals surface area contributed by atoms with Crippen LogP contribution in [-0.4, -0.2) is 56.0 Å². The molecule has 0 unspecified atom stereocenters. The summed E-state index contributed by atoms with van der Waals surface area (Å²) in [7, 11) is 1.66. The zero-order chi connectivity index (χ0) is 12.2. The Morgan fingerprint density at radius 2 is 2.12 bits per heavy atom. The Morgan fingerprint density at radius 3 is 2.65 bits per heavy atom. The molecule has 0 aromatic rings. The predicted molar refractivity (Wildman–Crippen MR) is 68.7 cm³/mol. The molecular weight excluding hydrogens is 244 g/mol. The molecule has 102 valence electrons. The standard InChI is InChI=1S/C11H22N2O3.ClH/c1-11(2,3)16-10(14)13-6-5-12-9(7-13)8-15-4;/h9,12H,5-8H2,1-4H3;1H/t9-;/m0./s1. The molecule has 1 aliphatic heterocycles. The molecule has 1 saturated heterocycles. The second-order valence-corrected chi connectivity index (χ2v) is 5.03. The van der Waals surface area contributed by atoms with Crippen LogP contribution in [0.1, 0.15) is 20.8 Å². The molecule has 6 heteroatoms. The highest BCUT2D eigenvalue weighted by Gasteiger charge is 2.27. The van der Waals surface area contributed by atoms with Crippen molar-refractivity contribution >= 4 is 18.5 Å². The summed E-state index contributed by atoms with van der Waals surface area (Å²) >= 11 is 0. The topological polar surface area (TPSA) is 50.8 Å². The van der Waals surface area contributed by atoms with Crippen LogP contribution in [0.25, 0.3) is 0 Å². The maximum Gasteiger partial charge on any atom is 0.410 e. The largest absolute Gasteiger partial charge is 0.444 e. The van der Waals surface area contributed by atoms with Gasteiger partial charge in [0, 0.05) is 32.8 Å². The summed E-state index contributed by atoms with van der Waals surface area (Å²) in [4.78, 5) is 13.5. The smallest absolute Gasteiger partial charge is 0.410 e. The van der Waals surface area contributed by atoms with Crippen molar-refractivity contribution in [1.82, 2.24) is 10.2 Å². The number of methoxy groups -OCH3 is 1. The fourth-order valence-electron chi connectivity index (χ4n) is 1.63. The van der Waals surface area contributed by atoms with E-state index < -0.39 is 5.60 Å². The van der Waals surface area contributed by atoms with Gasteiger partial charge in [0.25, 0.3) is 0 Å². The minimum Gasteiger partial charge on any atom is -0.444 e. The van der Waals surface area contributed by atoms with Crippen LogP contribution in [0.4, 0.5) is 4.79 Å². The van der Waals surface area contributed by atoms with E-state index in [1.807, 2.05) is 20.8 Å². The zero-order valence-corrected chi connectivity index (χ0v) is 11.8. The van der Waals surface area contributed by atoms with Gasteiger partial charge in [0.05, 0.1) is 6.61 Å². The van der Waals surface area contributed by atoms with Crippen molar-refractivity contribution in [3.63, 3.8) is 0 Å². The number of hydrogen-bond donors (Lipinski definition) is 1. The van der Waals surface area contributed by atoms with Gasteiger partial charge in [-0.2, -0.15) is 0 Å². The maximum absolute atomic E-state index is 11.8. The monoisotopic (exact) mass is 266 g/mol. The zero-order valence-electron chi connectivity index (χ0n) is 11.0. The minimum atomic E-state index is -0.432. The van der Waals surface area contributed by atoms with Crippen molar-refractivity contribution in [3.8, 4) is 0 Å². The molecule has 0 aromatic heterocycles. The highest BCUT2D eigenvalue weighted by molar-refractivity contribution is 5.85. The number of rotatable bonds is 2. The SMILES string of the molecule is COC[C@@H]1CN(C(=O)OC(C)(C)C)CCN1.Cl. The number of ether oxygens (including phenoxy) is 2. The van der Waals surface area contributed by atoms with Crippen LogP contribution in [0.3, 0.4) is 0 Å². The summed E-state index contributed by atoms with van der Waals surface area (Å²) in [6, 6.07) is 0.200. The molecular formula is C11H23ClN2O3. The lowest BCUT2D eigenvalue weighted by atomic mass is 10.2. The molecule has 1 N–H and O–H groups in total. The van der Waals surface area contributed by atoms with Crippen LogP contribution in [0.2, 0.25) is 0 Å². The average Bonchev–Trinajstić information content (AvgIpc) is 2.16. The van der Waals surface area contributed by atoms with E-state index >= 15 is 0 Å². The van der Waals surface area contributed by atoms with E-state index in [-0.39, 0.29) is 24.5 Å². The Hall–Kier alpha value is -0.520. The first-order valence-corrected chi connectivity index (χ1v) is 5.62. The quantitative estimate of drug-likeness (QED) is 0.818. The van der Waals surface area contributed by atoms with Gasteiger partial charge in [-0.25, -0.2) is 4.79 Å². The third-order valence-electron chi connectivity index (χ3n) is 2.28. The Bertz CT molecular complexity index is 241. The molecule has 5 nitrogen and oxygen atoms in total. The summed E-state index contributed by atoms with van der Waals surface area (Å²) in [5.74, 6) is 0. The van der Waals surface area contributed by atoms with Crippen molar-refractivity contribution in [2.24, 2.45) is 0 Å². The third kappa shape index (κ3) is 6.10. The highest BCUT2D eigenvalue weighted by atomic mass is 35.5. The van der Waals surface area contributed by atoms with Crippen molar-refractivity contribution < 1.29 is 14.3 Å². The fraction of sp³-hybridized carbons (Fsp3) is 0.909. The van der Waals surface area contributed by atoms with Crippen LogP contribution in [0, 0.1) is 0 Å². The lowest BCUT2D eigenvalue weighted by Gasteiger charge is -2.34. The van der Waals surface area contributed by atoms with Gasteiger partial charge in [-0.3, -0.25) is 0 Å². The fourth-order valence-corrected chi connectivity index (χ4v) is 1.63. The van der Waals surface area contributed by atoms with Gasteiger partial charge in [0.1, 0.15) is 5.60 Å².